The summed E-state index contributed by atoms with van der Waals surface area (Å²) in [5.74, 6) is 0.0931. The van der Waals surface area contributed by atoms with Crippen LogP contribution in [0.3, 0.4) is 0 Å². The molecule has 7 nitrogen and oxygen atoms in total. The average Bonchev–Trinajstić information content (AvgIpc) is 3.35. The van der Waals surface area contributed by atoms with E-state index in [1.54, 1.807) is 36.4 Å². The first-order chi connectivity index (χ1) is 16.6. The highest BCUT2D eigenvalue weighted by atomic mass is 19.1. The molecule has 0 aliphatic carbocycles. The number of morpholine rings is 1. The van der Waals surface area contributed by atoms with Crippen LogP contribution in [-0.4, -0.2) is 42.4 Å². The van der Waals surface area contributed by atoms with Crippen molar-refractivity contribution < 1.29 is 18.3 Å². The van der Waals surface area contributed by atoms with Crippen LogP contribution in [0, 0.1) is 12.7 Å². The molecule has 1 aliphatic heterocycles. The van der Waals surface area contributed by atoms with Gasteiger partial charge in [0, 0.05) is 35.5 Å². The number of ether oxygens (including phenoxy) is 1. The summed E-state index contributed by atoms with van der Waals surface area (Å²) in [5, 5.41) is 11.0. The van der Waals surface area contributed by atoms with Crippen LogP contribution >= 0.6 is 0 Å². The van der Waals surface area contributed by atoms with E-state index in [9.17, 15) is 9.18 Å². The summed E-state index contributed by atoms with van der Waals surface area (Å²) >= 11 is 0. The number of nitrogens with one attached hydrogen (secondary N) is 1. The first kappa shape index (κ1) is 21.8. The zero-order valence-corrected chi connectivity index (χ0v) is 18.6. The number of nitrogens with zero attached hydrogens (tertiary/aromatic N) is 3. The van der Waals surface area contributed by atoms with E-state index in [4.69, 9.17) is 9.15 Å². The molecule has 4 aromatic rings. The second kappa shape index (κ2) is 9.44. The van der Waals surface area contributed by atoms with Crippen molar-refractivity contribution >= 4 is 17.3 Å². The first-order valence-corrected chi connectivity index (χ1v) is 11.0. The predicted molar refractivity (Wildman–Crippen MR) is 127 cm³/mol. The third-order valence-corrected chi connectivity index (χ3v) is 5.75. The molecule has 3 aromatic carbocycles. The number of amides is 1. The minimum atomic E-state index is -0.379. The maximum absolute atomic E-state index is 14.6. The number of benzene rings is 3. The highest BCUT2D eigenvalue weighted by Crippen LogP contribution is 2.27. The van der Waals surface area contributed by atoms with Gasteiger partial charge >= 0.3 is 0 Å². The van der Waals surface area contributed by atoms with E-state index in [1.807, 2.05) is 36.1 Å². The third kappa shape index (κ3) is 4.53. The van der Waals surface area contributed by atoms with Crippen molar-refractivity contribution in [1.29, 1.82) is 0 Å². The molecule has 1 saturated heterocycles. The highest BCUT2D eigenvalue weighted by molar-refractivity contribution is 6.04. The molecule has 1 N–H and O–H groups in total. The van der Waals surface area contributed by atoms with Crippen LogP contribution in [0.1, 0.15) is 15.9 Å². The molecule has 0 radical (unpaired) electrons. The molecule has 8 heteroatoms. The molecule has 0 bridgehead atoms. The van der Waals surface area contributed by atoms with Crippen molar-refractivity contribution in [3.63, 3.8) is 0 Å². The van der Waals surface area contributed by atoms with Gasteiger partial charge < -0.3 is 19.4 Å². The minimum Gasteiger partial charge on any atom is -0.416 e. The molecule has 0 saturated carbocycles. The van der Waals surface area contributed by atoms with Crippen LogP contribution in [0.2, 0.25) is 0 Å². The van der Waals surface area contributed by atoms with E-state index in [1.165, 1.54) is 6.07 Å². The Morgan fingerprint density at radius 1 is 0.971 bits per heavy atom. The summed E-state index contributed by atoms with van der Waals surface area (Å²) in [7, 11) is 0. The standard InChI is InChI=1S/C26H23FN4O3/c1-17-4-2-3-5-21(17)26-30-29-25(34-26)19-8-6-18(7-9-19)24(32)28-20-10-11-23(22(27)16-20)31-12-14-33-15-13-31/h2-11,16H,12-15H2,1H3,(H,28,32). The topological polar surface area (TPSA) is 80.5 Å². The van der Waals surface area contributed by atoms with Gasteiger partial charge in [-0.25, -0.2) is 4.39 Å². The summed E-state index contributed by atoms with van der Waals surface area (Å²) in [4.78, 5) is 14.6. The molecular formula is C26H23FN4O3. The Hall–Kier alpha value is -4.04. The summed E-state index contributed by atoms with van der Waals surface area (Å²) in [6, 6.07) is 19.3. The van der Waals surface area contributed by atoms with E-state index in [-0.39, 0.29) is 11.7 Å². The SMILES string of the molecule is Cc1ccccc1-c1nnc(-c2ccc(C(=O)Nc3ccc(N4CCOCC4)c(F)c3)cc2)o1. The van der Waals surface area contributed by atoms with Crippen molar-refractivity contribution in [1.82, 2.24) is 10.2 Å². The normalized spacial score (nSPS) is 13.6. The number of rotatable bonds is 5. The zero-order valence-electron chi connectivity index (χ0n) is 18.6. The van der Waals surface area contributed by atoms with Crippen molar-refractivity contribution in [2.75, 3.05) is 36.5 Å². The van der Waals surface area contributed by atoms with Gasteiger partial charge in [0.25, 0.3) is 5.91 Å². The summed E-state index contributed by atoms with van der Waals surface area (Å²) in [5.41, 5.74) is 3.95. The smallest absolute Gasteiger partial charge is 0.255 e. The summed E-state index contributed by atoms with van der Waals surface area (Å²) < 4.78 is 25.8. The van der Waals surface area contributed by atoms with Crippen molar-refractivity contribution in [3.8, 4) is 22.9 Å². The number of anilines is 2. The number of aromatic nitrogens is 2. The fourth-order valence-electron chi connectivity index (χ4n) is 3.87. The maximum atomic E-state index is 14.6. The van der Waals surface area contributed by atoms with Gasteiger partial charge in [-0.2, -0.15) is 0 Å². The molecule has 34 heavy (non-hydrogen) atoms. The lowest BCUT2D eigenvalue weighted by molar-refractivity contribution is 0.102. The van der Waals surface area contributed by atoms with Crippen molar-refractivity contribution in [3.05, 3.63) is 83.7 Å². The third-order valence-electron chi connectivity index (χ3n) is 5.75. The van der Waals surface area contributed by atoms with Gasteiger partial charge in [-0.1, -0.05) is 18.2 Å². The molecule has 0 unspecified atom stereocenters. The summed E-state index contributed by atoms with van der Waals surface area (Å²) in [6.45, 7) is 4.41. The molecule has 0 spiro atoms. The fraction of sp³-hybridized carbons (Fsp3) is 0.192. The lowest BCUT2D eigenvalue weighted by atomic mass is 10.1. The average molecular weight is 458 g/mol. The van der Waals surface area contributed by atoms with Crippen LogP contribution in [0.25, 0.3) is 22.9 Å². The number of hydrogen-bond acceptors (Lipinski definition) is 6. The lowest BCUT2D eigenvalue weighted by Crippen LogP contribution is -2.36. The maximum Gasteiger partial charge on any atom is 0.255 e. The number of carbonyl (C=O) groups excluding carboxylic acids is 1. The Labute approximate surface area is 196 Å². The molecule has 172 valence electrons. The monoisotopic (exact) mass is 458 g/mol. The van der Waals surface area contributed by atoms with Crippen LogP contribution < -0.4 is 10.2 Å². The molecular weight excluding hydrogens is 435 g/mol. The number of aryl methyl sites for hydroxylation is 1. The van der Waals surface area contributed by atoms with Gasteiger partial charge in [-0.05, 0) is 61.0 Å². The van der Waals surface area contributed by atoms with Crippen molar-refractivity contribution in [2.24, 2.45) is 0 Å². The Balaban J connectivity index is 1.27. The Bertz CT molecular complexity index is 1310. The second-order valence-electron chi connectivity index (χ2n) is 8.02. The molecule has 1 aliphatic rings. The van der Waals surface area contributed by atoms with Gasteiger partial charge in [0.1, 0.15) is 5.82 Å². The van der Waals surface area contributed by atoms with Gasteiger partial charge in [-0.3, -0.25) is 4.79 Å². The largest absolute Gasteiger partial charge is 0.416 e. The van der Waals surface area contributed by atoms with E-state index in [0.717, 1.165) is 11.1 Å². The van der Waals surface area contributed by atoms with Crippen LogP contribution in [-0.2, 0) is 4.74 Å². The van der Waals surface area contributed by atoms with E-state index >= 15 is 0 Å². The zero-order chi connectivity index (χ0) is 23.5. The fourth-order valence-corrected chi connectivity index (χ4v) is 3.87. The van der Waals surface area contributed by atoms with Gasteiger partial charge in [0.2, 0.25) is 11.8 Å². The van der Waals surface area contributed by atoms with Crippen LogP contribution in [0.5, 0.6) is 0 Å². The molecule has 1 fully saturated rings. The Kier molecular flexibility index (Phi) is 6.05. The van der Waals surface area contributed by atoms with Crippen LogP contribution in [0.15, 0.2) is 71.1 Å². The molecule has 1 aromatic heterocycles. The first-order valence-electron chi connectivity index (χ1n) is 11.0. The predicted octanol–water partition coefficient (Wildman–Crippen LogP) is 4.94. The second-order valence-corrected chi connectivity index (χ2v) is 8.02. The number of halogens is 1. The molecule has 2 heterocycles. The van der Waals surface area contributed by atoms with Gasteiger partial charge in [0.05, 0.1) is 18.9 Å². The Morgan fingerprint density at radius 2 is 1.71 bits per heavy atom. The van der Waals surface area contributed by atoms with Crippen molar-refractivity contribution in [2.45, 2.75) is 6.92 Å². The number of hydrogen-bond donors (Lipinski definition) is 1. The Morgan fingerprint density at radius 3 is 2.44 bits per heavy atom. The molecule has 0 atom stereocenters. The van der Waals surface area contributed by atoms with Gasteiger partial charge in [-0.15, -0.1) is 10.2 Å². The minimum absolute atomic E-state index is 0.337. The molecule has 5 rings (SSSR count). The highest BCUT2D eigenvalue weighted by Gasteiger charge is 2.17. The molecule has 1 amide bonds. The van der Waals surface area contributed by atoms with E-state index in [2.05, 4.69) is 15.5 Å². The van der Waals surface area contributed by atoms with E-state index < -0.39 is 0 Å². The summed E-state index contributed by atoms with van der Waals surface area (Å²) in [6.07, 6.45) is 0. The lowest BCUT2D eigenvalue weighted by Gasteiger charge is -2.29. The van der Waals surface area contributed by atoms with Gasteiger partial charge in [0.15, 0.2) is 0 Å². The quantitative estimate of drug-likeness (QED) is 0.456. The van der Waals surface area contributed by atoms with Crippen LogP contribution in [0.4, 0.5) is 15.8 Å². The van der Waals surface area contributed by atoms with E-state index in [0.29, 0.717) is 60.6 Å². The number of carbonyl (C=O) groups is 1.